The quantitative estimate of drug-likeness (QED) is 0.182. The molecule has 0 amide bonds. The van der Waals surface area contributed by atoms with Crippen molar-refractivity contribution in [2.75, 3.05) is 0 Å². The molecule has 1 aliphatic carbocycles. The first-order valence-corrected chi connectivity index (χ1v) is 14.7. The fraction of sp³-hybridized carbons (Fsp3) is 0.270. The molecule has 0 bridgehead atoms. The molecule has 0 fully saturated rings. The third kappa shape index (κ3) is 6.43. The van der Waals surface area contributed by atoms with Gasteiger partial charge in [-0.25, -0.2) is 0 Å². The van der Waals surface area contributed by atoms with E-state index in [-0.39, 0.29) is 31.9 Å². The number of hydrogen-bond donors (Lipinski definition) is 0. The topological polar surface area (TPSA) is 66.9 Å². The Balaban J connectivity index is 0.000000287. The minimum atomic E-state index is 0. The molecule has 0 radical (unpaired) electrons. The molecule has 6 heteroatoms. The van der Waals surface area contributed by atoms with Crippen LogP contribution in [0.1, 0.15) is 64.2 Å². The maximum Gasteiger partial charge on any atom is 2.00 e. The van der Waals surface area contributed by atoms with Gasteiger partial charge in [0.05, 0.1) is 5.69 Å². The van der Waals surface area contributed by atoms with Gasteiger partial charge in [-0.1, -0.05) is 106 Å². The van der Waals surface area contributed by atoms with Crippen LogP contribution in [0.5, 0.6) is 0 Å². The molecule has 2 aromatic carbocycles. The number of fused-ring (bicyclic) bond motifs is 2. The molecule has 4 heterocycles. The Morgan fingerprint density at radius 2 is 1.56 bits per heavy atom. The van der Waals surface area contributed by atoms with Gasteiger partial charge in [-0.2, -0.15) is 6.20 Å². The van der Waals surface area contributed by atoms with Gasteiger partial charge in [-0.15, -0.1) is 5.69 Å². The van der Waals surface area contributed by atoms with Crippen LogP contribution in [0, 0.1) is 0 Å². The van der Waals surface area contributed by atoms with Crippen LogP contribution in [0.4, 0.5) is 0 Å². The standard InChI is InChI=1S/C28H24N4.C9H13N.Pt/c1-28(2)14-8-13-21-22(28)17-29-26(21)24-15-19-11-6-7-12-20(19)27(30-24)25-16-23(31-32-25)18-9-4-3-5-10-18;1-9(2,3)8-4-6-10-7-5-8;/h3-7,9-12,15-17H,8,13-14H2,1-2H3;4-7H,1-3H3;/q-2;;+2. The molecular formula is C37H37N5Pt. The normalized spacial score (nSPS) is 13.9. The fourth-order valence-corrected chi connectivity index (χ4v) is 5.84. The summed E-state index contributed by atoms with van der Waals surface area (Å²) in [5, 5.41) is 11.2. The van der Waals surface area contributed by atoms with Crippen LogP contribution in [-0.4, -0.2) is 15.1 Å². The zero-order valence-corrected chi connectivity index (χ0v) is 27.7. The second kappa shape index (κ2) is 12.4. The van der Waals surface area contributed by atoms with Gasteiger partial charge >= 0.3 is 21.1 Å². The van der Waals surface area contributed by atoms with Gasteiger partial charge in [0.2, 0.25) is 0 Å². The first-order valence-electron chi connectivity index (χ1n) is 14.7. The van der Waals surface area contributed by atoms with E-state index in [0.717, 1.165) is 51.2 Å². The Morgan fingerprint density at radius 3 is 2.28 bits per heavy atom. The van der Waals surface area contributed by atoms with E-state index < -0.39 is 0 Å². The third-order valence-electron chi connectivity index (χ3n) is 8.27. The monoisotopic (exact) mass is 746 g/mol. The van der Waals surface area contributed by atoms with Gasteiger partial charge in [-0.3, -0.25) is 9.97 Å². The Bertz CT molecular complexity index is 1810. The second-order valence-corrected chi connectivity index (χ2v) is 12.8. The number of benzene rings is 2. The molecule has 6 aromatic rings. The van der Waals surface area contributed by atoms with E-state index in [1.807, 2.05) is 42.7 Å². The second-order valence-electron chi connectivity index (χ2n) is 12.8. The predicted octanol–water partition coefficient (Wildman–Crippen LogP) is 8.54. The van der Waals surface area contributed by atoms with Crippen LogP contribution < -0.4 is 10.1 Å². The third-order valence-corrected chi connectivity index (χ3v) is 8.27. The van der Waals surface area contributed by atoms with Crippen molar-refractivity contribution in [2.24, 2.45) is 0 Å². The molecule has 7 rings (SSSR count). The van der Waals surface area contributed by atoms with E-state index >= 15 is 0 Å². The Hall–Kier alpha value is -3.82. The summed E-state index contributed by atoms with van der Waals surface area (Å²) in [6.45, 7) is 11.2. The smallest absolute Gasteiger partial charge is 0.662 e. The van der Waals surface area contributed by atoms with E-state index in [1.54, 1.807) is 0 Å². The summed E-state index contributed by atoms with van der Waals surface area (Å²) in [6.07, 6.45) is 9.18. The minimum Gasteiger partial charge on any atom is -0.662 e. The Labute approximate surface area is 268 Å². The average Bonchev–Trinajstić information content (AvgIpc) is 3.66. The number of nitrogens with zero attached hydrogens (tertiary/aromatic N) is 5. The Kier molecular flexibility index (Phi) is 8.85. The van der Waals surface area contributed by atoms with Gasteiger partial charge in [0.15, 0.2) is 0 Å². The zero-order valence-electron chi connectivity index (χ0n) is 25.4. The SMILES string of the molecule is CC(C)(C)c1ccncc1.CC1(C)CCCc2c1c[n-]c2-c1cc2ccccc2c(-c2cc(-c3ccccc3)n[n-]2)n1.[Pt+2]. The van der Waals surface area contributed by atoms with Crippen molar-refractivity contribution in [3.63, 3.8) is 0 Å². The van der Waals surface area contributed by atoms with Crippen molar-refractivity contribution < 1.29 is 21.1 Å². The van der Waals surface area contributed by atoms with Crippen LogP contribution in [0.3, 0.4) is 0 Å². The van der Waals surface area contributed by atoms with Crippen molar-refractivity contribution in [2.45, 2.75) is 64.7 Å². The molecule has 1 aliphatic rings. The fourth-order valence-electron chi connectivity index (χ4n) is 5.84. The maximum atomic E-state index is 5.11. The number of aromatic nitrogens is 5. The molecule has 5 nitrogen and oxygen atoms in total. The van der Waals surface area contributed by atoms with Gasteiger partial charge in [-0.05, 0) is 70.9 Å². The average molecular weight is 747 g/mol. The van der Waals surface area contributed by atoms with Gasteiger partial charge < -0.3 is 15.2 Å². The number of rotatable bonds is 3. The van der Waals surface area contributed by atoms with Gasteiger partial charge in [0.1, 0.15) is 0 Å². The van der Waals surface area contributed by atoms with Crippen LogP contribution >= 0.6 is 0 Å². The molecule has 0 aliphatic heterocycles. The molecule has 0 atom stereocenters. The summed E-state index contributed by atoms with van der Waals surface area (Å²) < 4.78 is 0. The van der Waals surface area contributed by atoms with E-state index in [4.69, 9.17) is 9.97 Å². The van der Waals surface area contributed by atoms with Crippen LogP contribution in [0.2, 0.25) is 0 Å². The predicted molar refractivity (Wildman–Crippen MR) is 171 cm³/mol. The van der Waals surface area contributed by atoms with Crippen LogP contribution in [-0.2, 0) is 38.3 Å². The summed E-state index contributed by atoms with van der Waals surface area (Å²) in [6, 6.07) is 26.8. The first-order chi connectivity index (χ1) is 20.2. The molecule has 0 unspecified atom stereocenters. The summed E-state index contributed by atoms with van der Waals surface area (Å²) in [4.78, 5) is 13.9. The molecule has 0 saturated carbocycles. The maximum absolute atomic E-state index is 5.11. The van der Waals surface area contributed by atoms with Crippen molar-refractivity contribution >= 4 is 10.8 Å². The largest absolute Gasteiger partial charge is 2.00 e. The zero-order chi connectivity index (χ0) is 29.3. The van der Waals surface area contributed by atoms with Crippen LogP contribution in [0.15, 0.2) is 97.5 Å². The van der Waals surface area contributed by atoms with Crippen LogP contribution in [0.25, 0.3) is 44.8 Å². The van der Waals surface area contributed by atoms with Crippen molar-refractivity contribution in [1.82, 2.24) is 25.1 Å². The Morgan fingerprint density at radius 1 is 0.837 bits per heavy atom. The van der Waals surface area contributed by atoms with E-state index in [1.165, 1.54) is 29.5 Å². The van der Waals surface area contributed by atoms with Crippen molar-refractivity contribution in [3.8, 4) is 34.0 Å². The van der Waals surface area contributed by atoms with Crippen molar-refractivity contribution in [1.29, 1.82) is 0 Å². The van der Waals surface area contributed by atoms with E-state index in [2.05, 4.69) is 105 Å². The summed E-state index contributed by atoms with van der Waals surface area (Å²) in [5.74, 6) is 0. The molecule has 0 N–H and O–H groups in total. The van der Waals surface area contributed by atoms with E-state index in [9.17, 15) is 0 Å². The number of pyridine rings is 2. The summed E-state index contributed by atoms with van der Waals surface area (Å²) >= 11 is 0. The molecule has 0 spiro atoms. The number of hydrogen-bond acceptors (Lipinski definition) is 3. The molecular weight excluding hydrogens is 710 g/mol. The first kappa shape index (κ1) is 30.6. The molecule has 0 saturated heterocycles. The van der Waals surface area contributed by atoms with Crippen molar-refractivity contribution in [3.05, 3.63) is 114 Å². The summed E-state index contributed by atoms with van der Waals surface area (Å²) in [7, 11) is 0. The van der Waals surface area contributed by atoms with Gasteiger partial charge in [0.25, 0.3) is 0 Å². The van der Waals surface area contributed by atoms with Gasteiger partial charge in [0, 0.05) is 29.2 Å². The summed E-state index contributed by atoms with van der Waals surface area (Å²) in [5.41, 5.74) is 9.99. The molecule has 220 valence electrons. The molecule has 4 aromatic heterocycles. The minimum absolute atomic E-state index is 0. The van der Waals surface area contributed by atoms with E-state index in [0.29, 0.717) is 0 Å². The molecule has 43 heavy (non-hydrogen) atoms.